The molecule has 0 aromatic heterocycles. The molecule has 0 amide bonds. The van der Waals surface area contributed by atoms with E-state index in [9.17, 15) is 10.0 Å². The highest BCUT2D eigenvalue weighted by molar-refractivity contribution is 6.58. The predicted molar refractivity (Wildman–Crippen MR) is 130 cm³/mol. The van der Waals surface area contributed by atoms with Crippen LogP contribution in [-0.4, -0.2) is 17.2 Å². The van der Waals surface area contributed by atoms with Gasteiger partial charge in [0.05, 0.1) is 0 Å². The molecule has 0 aliphatic heterocycles. The van der Waals surface area contributed by atoms with E-state index in [0.29, 0.717) is 5.46 Å². The van der Waals surface area contributed by atoms with Crippen molar-refractivity contribution >= 4 is 24.0 Å². The minimum absolute atomic E-state index is 0.0194. The van der Waals surface area contributed by atoms with Gasteiger partial charge in [-0.1, -0.05) is 92.7 Å². The Morgan fingerprint density at radius 3 is 1.77 bits per heavy atom. The molecule has 1 aliphatic carbocycles. The van der Waals surface area contributed by atoms with Gasteiger partial charge in [0, 0.05) is 16.8 Å². The molecule has 0 saturated carbocycles. The maximum atomic E-state index is 9.19. The lowest BCUT2D eigenvalue weighted by Gasteiger charge is -2.22. The molecule has 0 saturated heterocycles. The monoisotopic (exact) mass is 407 g/mol. The van der Waals surface area contributed by atoms with Gasteiger partial charge in [-0.3, -0.25) is 0 Å². The molecular formula is C27H26BNO2. The number of anilines is 2. The van der Waals surface area contributed by atoms with Gasteiger partial charge < -0.3 is 15.4 Å². The Labute approximate surface area is 184 Å². The summed E-state index contributed by atoms with van der Waals surface area (Å²) in [4.78, 5) is 0. The van der Waals surface area contributed by atoms with Crippen LogP contribution < -0.4 is 10.8 Å². The van der Waals surface area contributed by atoms with E-state index >= 15 is 0 Å². The average Bonchev–Trinajstić information content (AvgIpc) is 3.03. The van der Waals surface area contributed by atoms with Gasteiger partial charge in [0.1, 0.15) is 0 Å². The zero-order valence-corrected chi connectivity index (χ0v) is 17.8. The molecule has 5 rings (SSSR count). The fourth-order valence-corrected chi connectivity index (χ4v) is 4.07. The Balaban J connectivity index is 0.000000334. The summed E-state index contributed by atoms with van der Waals surface area (Å²) in [6, 6.07) is 34.2. The highest BCUT2D eigenvalue weighted by atomic mass is 16.4. The van der Waals surface area contributed by atoms with Crippen LogP contribution in [0.5, 0.6) is 0 Å². The van der Waals surface area contributed by atoms with Crippen molar-refractivity contribution in [3.63, 3.8) is 0 Å². The van der Waals surface area contributed by atoms with Crippen LogP contribution in [0.4, 0.5) is 11.4 Å². The van der Waals surface area contributed by atoms with Gasteiger partial charge in [-0.25, -0.2) is 0 Å². The summed E-state index contributed by atoms with van der Waals surface area (Å²) < 4.78 is 0. The van der Waals surface area contributed by atoms with Gasteiger partial charge in [-0.15, -0.1) is 0 Å². The molecule has 4 aromatic rings. The van der Waals surface area contributed by atoms with Crippen molar-refractivity contribution in [2.24, 2.45) is 0 Å². The van der Waals surface area contributed by atoms with Gasteiger partial charge in [0.15, 0.2) is 0 Å². The summed E-state index contributed by atoms with van der Waals surface area (Å²) in [5.41, 5.74) is 7.70. The van der Waals surface area contributed by atoms with Crippen molar-refractivity contribution in [3.8, 4) is 11.1 Å². The lowest BCUT2D eigenvalue weighted by atomic mass is 9.80. The number of benzene rings is 4. The lowest BCUT2D eigenvalue weighted by Crippen LogP contribution is -2.29. The van der Waals surface area contributed by atoms with Crippen molar-refractivity contribution in [1.29, 1.82) is 0 Å². The largest absolute Gasteiger partial charge is 0.488 e. The van der Waals surface area contributed by atoms with E-state index in [0.717, 1.165) is 11.4 Å². The Kier molecular flexibility index (Phi) is 5.94. The lowest BCUT2D eigenvalue weighted by molar-refractivity contribution is 0.426. The maximum Gasteiger partial charge on any atom is 0.488 e. The summed E-state index contributed by atoms with van der Waals surface area (Å²) in [5, 5.41) is 21.8. The van der Waals surface area contributed by atoms with E-state index in [4.69, 9.17) is 0 Å². The minimum atomic E-state index is -1.44. The van der Waals surface area contributed by atoms with Gasteiger partial charge in [-0.2, -0.15) is 0 Å². The summed E-state index contributed by atoms with van der Waals surface area (Å²) >= 11 is 0. The zero-order chi connectivity index (χ0) is 21.8. The van der Waals surface area contributed by atoms with Crippen molar-refractivity contribution < 1.29 is 10.0 Å². The topological polar surface area (TPSA) is 52.5 Å². The van der Waals surface area contributed by atoms with Crippen LogP contribution in [0, 0.1) is 0 Å². The molecule has 0 radical (unpaired) electrons. The first kappa shape index (κ1) is 20.9. The van der Waals surface area contributed by atoms with Gasteiger partial charge in [-0.05, 0) is 52.0 Å². The Bertz CT molecular complexity index is 1130. The first-order valence-electron chi connectivity index (χ1n) is 10.4. The quantitative estimate of drug-likeness (QED) is 0.414. The third-order valence-corrected chi connectivity index (χ3v) is 5.75. The standard InChI is InChI=1S/C21H20BNO2.C6H6/c1-21(2)19-6-4-3-5-17(19)18-12-11-16(13-20(18)21)23-15-9-7-14(8-10-15)22(24)25;1-2-4-6-5-3-1/h3-13,23-25H,1-2H3;1-6H. The van der Waals surface area contributed by atoms with E-state index in [-0.39, 0.29) is 5.41 Å². The molecule has 0 heterocycles. The van der Waals surface area contributed by atoms with Crippen LogP contribution in [0.3, 0.4) is 0 Å². The molecule has 0 fully saturated rings. The molecule has 4 aromatic carbocycles. The second-order valence-corrected chi connectivity index (χ2v) is 8.21. The summed E-state index contributed by atoms with van der Waals surface area (Å²) in [5.74, 6) is 0. The zero-order valence-electron chi connectivity index (χ0n) is 17.8. The molecule has 4 heteroatoms. The molecule has 0 bridgehead atoms. The average molecular weight is 407 g/mol. The third kappa shape index (κ3) is 4.41. The SMILES string of the molecule is CC1(C)c2ccccc2-c2ccc(Nc3ccc(B(O)O)cc3)cc21.c1ccccc1. The van der Waals surface area contributed by atoms with Crippen molar-refractivity contribution in [1.82, 2.24) is 0 Å². The Hall–Kier alpha value is -3.34. The summed E-state index contributed by atoms with van der Waals surface area (Å²) in [6.45, 7) is 4.53. The molecule has 0 atom stereocenters. The van der Waals surface area contributed by atoms with E-state index < -0.39 is 7.12 Å². The molecule has 3 N–H and O–H groups in total. The molecule has 0 spiro atoms. The molecule has 0 unspecified atom stereocenters. The number of nitrogens with one attached hydrogen (secondary N) is 1. The van der Waals surface area contributed by atoms with Crippen LogP contribution in [0.1, 0.15) is 25.0 Å². The van der Waals surface area contributed by atoms with Gasteiger partial charge in [0.25, 0.3) is 0 Å². The van der Waals surface area contributed by atoms with E-state index in [1.54, 1.807) is 12.1 Å². The van der Waals surface area contributed by atoms with Gasteiger partial charge >= 0.3 is 7.12 Å². The van der Waals surface area contributed by atoms with Crippen LogP contribution in [0.2, 0.25) is 0 Å². The predicted octanol–water partition coefficient (Wildman–Crippen LogP) is 5.10. The third-order valence-electron chi connectivity index (χ3n) is 5.75. The molecule has 31 heavy (non-hydrogen) atoms. The molecular weight excluding hydrogens is 381 g/mol. The highest BCUT2D eigenvalue weighted by Crippen LogP contribution is 2.49. The number of rotatable bonds is 3. The first-order chi connectivity index (χ1) is 15.0. The fourth-order valence-electron chi connectivity index (χ4n) is 4.07. The number of hydrogen-bond acceptors (Lipinski definition) is 3. The highest BCUT2D eigenvalue weighted by Gasteiger charge is 2.35. The Morgan fingerprint density at radius 2 is 1.16 bits per heavy atom. The van der Waals surface area contributed by atoms with Crippen LogP contribution in [0.15, 0.2) is 103 Å². The van der Waals surface area contributed by atoms with Crippen LogP contribution >= 0.6 is 0 Å². The Morgan fingerprint density at radius 1 is 0.613 bits per heavy atom. The first-order valence-corrected chi connectivity index (χ1v) is 10.4. The summed E-state index contributed by atoms with van der Waals surface area (Å²) in [6.07, 6.45) is 0. The van der Waals surface area contributed by atoms with E-state index in [2.05, 4.69) is 61.6 Å². The van der Waals surface area contributed by atoms with Crippen molar-refractivity contribution in [3.05, 3.63) is 114 Å². The van der Waals surface area contributed by atoms with Gasteiger partial charge in [0.2, 0.25) is 0 Å². The maximum absolute atomic E-state index is 9.19. The molecule has 1 aliphatic rings. The second kappa shape index (κ2) is 8.80. The fraction of sp³-hybridized carbons (Fsp3) is 0.111. The number of fused-ring (bicyclic) bond motifs is 3. The van der Waals surface area contributed by atoms with Crippen LogP contribution in [0.25, 0.3) is 11.1 Å². The van der Waals surface area contributed by atoms with E-state index in [1.807, 2.05) is 48.5 Å². The number of hydrogen-bond donors (Lipinski definition) is 3. The van der Waals surface area contributed by atoms with E-state index in [1.165, 1.54) is 22.3 Å². The molecule has 3 nitrogen and oxygen atoms in total. The minimum Gasteiger partial charge on any atom is -0.423 e. The second-order valence-electron chi connectivity index (χ2n) is 8.21. The van der Waals surface area contributed by atoms with Crippen LogP contribution in [-0.2, 0) is 5.41 Å². The summed E-state index contributed by atoms with van der Waals surface area (Å²) in [7, 11) is -1.44. The van der Waals surface area contributed by atoms with Crippen molar-refractivity contribution in [2.75, 3.05) is 5.32 Å². The molecule has 154 valence electrons. The normalized spacial score (nSPS) is 12.8. The smallest absolute Gasteiger partial charge is 0.423 e. The van der Waals surface area contributed by atoms with Crippen molar-refractivity contribution in [2.45, 2.75) is 19.3 Å².